The normalized spacial score (nSPS) is 11.2. The summed E-state index contributed by atoms with van der Waals surface area (Å²) in [5.41, 5.74) is 5.52. The van der Waals surface area contributed by atoms with Crippen LogP contribution in [0.1, 0.15) is 15.9 Å². The Morgan fingerprint density at radius 3 is 2.19 bits per heavy atom. The maximum atomic E-state index is 13.6. The maximum absolute atomic E-state index is 13.6. The molecule has 144 valence electrons. The number of halogens is 3. The van der Waals surface area contributed by atoms with E-state index in [1.165, 1.54) is 24.3 Å². The highest BCUT2D eigenvalue weighted by molar-refractivity contribution is 7.89. The van der Waals surface area contributed by atoms with Gasteiger partial charge in [0.05, 0.1) is 6.54 Å². The SMILES string of the molecule is NC(=O)CNC(=O)c1ccc(CNS(=O)(=O)c2ccc(F)c(F)c2F)cc1. The lowest BCUT2D eigenvalue weighted by molar-refractivity contribution is -0.117. The van der Waals surface area contributed by atoms with Crippen LogP contribution in [-0.4, -0.2) is 26.8 Å². The van der Waals surface area contributed by atoms with Crippen LogP contribution in [0.3, 0.4) is 0 Å². The molecule has 0 radical (unpaired) electrons. The number of carbonyl (C=O) groups is 2. The molecule has 0 heterocycles. The van der Waals surface area contributed by atoms with Crippen LogP contribution in [0.25, 0.3) is 0 Å². The lowest BCUT2D eigenvalue weighted by atomic mass is 10.1. The van der Waals surface area contributed by atoms with Crippen LogP contribution in [0.5, 0.6) is 0 Å². The Bertz CT molecular complexity index is 979. The van der Waals surface area contributed by atoms with Gasteiger partial charge >= 0.3 is 0 Å². The molecule has 0 atom stereocenters. The first-order valence-corrected chi connectivity index (χ1v) is 8.88. The van der Waals surface area contributed by atoms with Crippen molar-refractivity contribution in [1.29, 1.82) is 0 Å². The van der Waals surface area contributed by atoms with Crippen LogP contribution < -0.4 is 15.8 Å². The summed E-state index contributed by atoms with van der Waals surface area (Å²) in [4.78, 5) is 21.3. The number of nitrogens with one attached hydrogen (secondary N) is 2. The topological polar surface area (TPSA) is 118 Å². The van der Waals surface area contributed by atoms with Gasteiger partial charge in [-0.05, 0) is 29.8 Å². The minimum atomic E-state index is -4.44. The lowest BCUT2D eigenvalue weighted by Crippen LogP contribution is -2.33. The molecule has 11 heteroatoms. The van der Waals surface area contributed by atoms with Gasteiger partial charge in [-0.1, -0.05) is 12.1 Å². The molecule has 0 spiro atoms. The largest absolute Gasteiger partial charge is 0.368 e. The number of nitrogens with two attached hydrogens (primary N) is 1. The maximum Gasteiger partial charge on any atom is 0.251 e. The molecule has 7 nitrogen and oxygen atoms in total. The van der Waals surface area contributed by atoms with Crippen molar-refractivity contribution in [2.24, 2.45) is 5.73 Å². The van der Waals surface area contributed by atoms with Gasteiger partial charge < -0.3 is 11.1 Å². The van der Waals surface area contributed by atoms with Crippen molar-refractivity contribution < 1.29 is 31.2 Å². The molecule has 0 bridgehead atoms. The second-order valence-corrected chi connectivity index (χ2v) is 7.08. The van der Waals surface area contributed by atoms with Gasteiger partial charge in [0.15, 0.2) is 17.5 Å². The molecule has 0 saturated carbocycles. The summed E-state index contributed by atoms with van der Waals surface area (Å²) in [7, 11) is -4.44. The van der Waals surface area contributed by atoms with Gasteiger partial charge in [0.2, 0.25) is 15.9 Å². The Morgan fingerprint density at radius 1 is 0.963 bits per heavy atom. The van der Waals surface area contributed by atoms with Crippen molar-refractivity contribution in [3.63, 3.8) is 0 Å². The Hall–Kier alpha value is -2.92. The van der Waals surface area contributed by atoms with Gasteiger partial charge in [-0.2, -0.15) is 0 Å². The monoisotopic (exact) mass is 401 g/mol. The van der Waals surface area contributed by atoms with Gasteiger partial charge in [-0.3, -0.25) is 9.59 Å². The summed E-state index contributed by atoms with van der Waals surface area (Å²) in [6, 6.07) is 6.71. The van der Waals surface area contributed by atoms with E-state index < -0.39 is 44.2 Å². The lowest BCUT2D eigenvalue weighted by Gasteiger charge is -2.09. The van der Waals surface area contributed by atoms with E-state index in [2.05, 4.69) is 5.32 Å². The van der Waals surface area contributed by atoms with E-state index in [0.717, 1.165) is 0 Å². The zero-order valence-electron chi connectivity index (χ0n) is 13.6. The van der Waals surface area contributed by atoms with Crippen LogP contribution in [0.15, 0.2) is 41.3 Å². The van der Waals surface area contributed by atoms with Gasteiger partial charge in [0.1, 0.15) is 4.90 Å². The first-order valence-electron chi connectivity index (χ1n) is 7.40. The molecule has 0 aliphatic carbocycles. The van der Waals surface area contributed by atoms with Crippen molar-refractivity contribution in [2.45, 2.75) is 11.4 Å². The summed E-state index contributed by atoms with van der Waals surface area (Å²) in [5.74, 6) is -6.46. The van der Waals surface area contributed by atoms with E-state index in [9.17, 15) is 31.2 Å². The zero-order valence-corrected chi connectivity index (χ0v) is 14.4. The first kappa shape index (κ1) is 20.4. The summed E-state index contributed by atoms with van der Waals surface area (Å²) >= 11 is 0. The summed E-state index contributed by atoms with van der Waals surface area (Å²) in [6.45, 7) is -0.621. The molecule has 2 amide bonds. The average Bonchev–Trinajstić information content (AvgIpc) is 2.62. The number of sulfonamides is 1. The van der Waals surface area contributed by atoms with E-state index in [4.69, 9.17) is 5.73 Å². The van der Waals surface area contributed by atoms with E-state index in [1.807, 2.05) is 4.72 Å². The quantitative estimate of drug-likeness (QED) is 0.595. The number of hydrogen-bond acceptors (Lipinski definition) is 4. The second-order valence-electron chi connectivity index (χ2n) is 5.34. The van der Waals surface area contributed by atoms with Crippen LogP contribution in [0, 0.1) is 17.5 Å². The number of benzene rings is 2. The molecule has 4 N–H and O–H groups in total. The first-order chi connectivity index (χ1) is 12.6. The highest BCUT2D eigenvalue weighted by atomic mass is 32.2. The third kappa shape index (κ3) is 5.05. The number of amides is 2. The predicted molar refractivity (Wildman–Crippen MR) is 88.3 cm³/mol. The molecule has 0 unspecified atom stereocenters. The van der Waals surface area contributed by atoms with E-state index in [-0.39, 0.29) is 18.7 Å². The fourth-order valence-electron chi connectivity index (χ4n) is 2.02. The van der Waals surface area contributed by atoms with E-state index in [1.54, 1.807) is 0 Å². The molecule has 0 aliphatic heterocycles. The fourth-order valence-corrected chi connectivity index (χ4v) is 3.10. The van der Waals surface area contributed by atoms with Crippen LogP contribution in [0.4, 0.5) is 13.2 Å². The zero-order chi connectivity index (χ0) is 20.2. The molecule has 2 aromatic rings. The number of rotatable bonds is 7. The molecule has 2 rings (SSSR count). The van der Waals surface area contributed by atoms with Crippen molar-refractivity contribution in [3.8, 4) is 0 Å². The second kappa shape index (κ2) is 8.18. The van der Waals surface area contributed by atoms with Crippen LogP contribution in [0.2, 0.25) is 0 Å². The minimum Gasteiger partial charge on any atom is -0.368 e. The molecular formula is C16H14F3N3O4S. The van der Waals surface area contributed by atoms with Gasteiger partial charge in [0.25, 0.3) is 5.91 Å². The molecule has 2 aromatic carbocycles. The van der Waals surface area contributed by atoms with Crippen LogP contribution in [-0.2, 0) is 21.4 Å². The minimum absolute atomic E-state index is 0.203. The third-order valence-electron chi connectivity index (χ3n) is 3.39. The predicted octanol–water partition coefficient (Wildman–Crippen LogP) is 0.797. The number of primary amides is 1. The van der Waals surface area contributed by atoms with Crippen LogP contribution >= 0.6 is 0 Å². The molecule has 0 fully saturated rings. The molecule has 27 heavy (non-hydrogen) atoms. The van der Waals surface area contributed by atoms with Crippen molar-refractivity contribution >= 4 is 21.8 Å². The molecule has 0 aromatic heterocycles. The van der Waals surface area contributed by atoms with Crippen molar-refractivity contribution in [3.05, 3.63) is 65.0 Å². The Balaban J connectivity index is 2.07. The summed E-state index contributed by atoms with van der Waals surface area (Å²) in [5, 5.41) is 2.28. The Labute approximate surface area is 152 Å². The number of carbonyl (C=O) groups excluding carboxylic acids is 2. The third-order valence-corrected chi connectivity index (χ3v) is 4.81. The van der Waals surface area contributed by atoms with Crippen molar-refractivity contribution in [1.82, 2.24) is 10.0 Å². The van der Waals surface area contributed by atoms with Gasteiger partial charge in [-0.15, -0.1) is 0 Å². The highest BCUT2D eigenvalue weighted by Crippen LogP contribution is 2.19. The number of hydrogen-bond donors (Lipinski definition) is 3. The van der Waals surface area contributed by atoms with Crippen molar-refractivity contribution in [2.75, 3.05) is 6.54 Å². The fraction of sp³-hybridized carbons (Fsp3) is 0.125. The Kier molecular flexibility index (Phi) is 6.18. The smallest absolute Gasteiger partial charge is 0.251 e. The summed E-state index contributed by atoms with van der Waals surface area (Å²) < 4.78 is 65.9. The Morgan fingerprint density at radius 2 is 1.59 bits per heavy atom. The summed E-state index contributed by atoms with van der Waals surface area (Å²) in [6.07, 6.45) is 0. The molecule has 0 aliphatic rings. The average molecular weight is 401 g/mol. The van der Waals surface area contributed by atoms with Gasteiger partial charge in [-0.25, -0.2) is 26.3 Å². The standard InChI is InChI=1S/C16H14F3N3O4S/c17-11-5-6-12(15(19)14(11)18)27(25,26)22-7-9-1-3-10(4-2-9)16(24)21-8-13(20)23/h1-6,22H,7-8H2,(H2,20,23)(H,21,24). The van der Waals surface area contributed by atoms with E-state index in [0.29, 0.717) is 17.7 Å². The van der Waals surface area contributed by atoms with Gasteiger partial charge in [0, 0.05) is 12.1 Å². The molecule has 0 saturated heterocycles. The van der Waals surface area contributed by atoms with E-state index >= 15 is 0 Å². The highest BCUT2D eigenvalue weighted by Gasteiger charge is 2.23. The molecular weight excluding hydrogens is 387 g/mol.